The molecule has 1 aliphatic carbocycles. The number of carboxylic acids is 1. The number of hydrogen-bond acceptors (Lipinski definition) is 5. The number of carboxylic acid groups (broad SMARTS) is 1. The quantitative estimate of drug-likeness (QED) is 0.573. The van der Waals surface area contributed by atoms with E-state index in [9.17, 15) is 24.3 Å². The van der Waals surface area contributed by atoms with Crippen molar-refractivity contribution in [2.24, 2.45) is 0 Å². The van der Waals surface area contributed by atoms with Gasteiger partial charge in [0.05, 0.1) is 6.54 Å². The average molecular weight is 439 g/mol. The van der Waals surface area contributed by atoms with Crippen LogP contribution < -0.4 is 10.6 Å². The zero-order valence-electron chi connectivity index (χ0n) is 17.8. The lowest BCUT2D eigenvalue weighted by Gasteiger charge is -2.25. The molecule has 0 aromatic heterocycles. The number of fused-ring (bicyclic) bond motifs is 3. The summed E-state index contributed by atoms with van der Waals surface area (Å²) in [7, 11) is 1.30. The van der Waals surface area contributed by atoms with E-state index >= 15 is 0 Å². The molecule has 1 aliphatic rings. The number of hydrogen-bond donors (Lipinski definition) is 3. The van der Waals surface area contributed by atoms with E-state index in [0.29, 0.717) is 0 Å². The molecule has 2 aromatic rings. The largest absolute Gasteiger partial charge is 0.480 e. The molecular weight excluding hydrogens is 414 g/mol. The summed E-state index contributed by atoms with van der Waals surface area (Å²) in [6.07, 6.45) is -0.810. The molecule has 0 aliphatic heterocycles. The van der Waals surface area contributed by atoms with Gasteiger partial charge in [0.25, 0.3) is 0 Å². The van der Waals surface area contributed by atoms with Crippen LogP contribution in [-0.2, 0) is 19.1 Å². The summed E-state index contributed by atoms with van der Waals surface area (Å²) in [6, 6.07) is 14.5. The molecule has 0 fully saturated rings. The third kappa shape index (κ3) is 5.05. The Bertz CT molecular complexity index is 992. The lowest BCUT2D eigenvalue weighted by molar-refractivity contribution is -0.142. The van der Waals surface area contributed by atoms with Crippen LogP contribution in [0.1, 0.15) is 24.0 Å². The van der Waals surface area contributed by atoms with Gasteiger partial charge >= 0.3 is 12.1 Å². The number of carbonyl (C=O) groups excluding carboxylic acids is 3. The molecule has 9 heteroatoms. The van der Waals surface area contributed by atoms with Crippen LogP contribution in [0.5, 0.6) is 0 Å². The molecule has 2 aromatic carbocycles. The molecule has 0 spiro atoms. The normalized spacial score (nSPS) is 12.8. The van der Waals surface area contributed by atoms with E-state index in [1.165, 1.54) is 14.0 Å². The van der Waals surface area contributed by atoms with Crippen LogP contribution in [0.3, 0.4) is 0 Å². The molecule has 1 unspecified atom stereocenters. The maximum Gasteiger partial charge on any atom is 0.410 e. The van der Waals surface area contributed by atoms with Crippen molar-refractivity contribution in [3.05, 3.63) is 59.7 Å². The fraction of sp³-hybridized carbons (Fsp3) is 0.304. The number of nitrogens with one attached hydrogen (secondary N) is 2. The number of ether oxygens (including phenoxy) is 1. The third-order valence-corrected chi connectivity index (χ3v) is 5.37. The summed E-state index contributed by atoms with van der Waals surface area (Å²) in [5.74, 6) is -2.39. The SMILES string of the molecule is CC(=O)NCC(=O)NCC(C(=O)O)N(C)C(=O)OCC1c2ccccc2-c2ccccc21. The van der Waals surface area contributed by atoms with Crippen molar-refractivity contribution in [1.29, 1.82) is 0 Å². The highest BCUT2D eigenvalue weighted by molar-refractivity contribution is 5.85. The van der Waals surface area contributed by atoms with Crippen molar-refractivity contribution in [1.82, 2.24) is 15.5 Å². The fourth-order valence-corrected chi connectivity index (χ4v) is 3.69. The Kier molecular flexibility index (Phi) is 7.09. The summed E-state index contributed by atoms with van der Waals surface area (Å²) in [5.41, 5.74) is 4.26. The van der Waals surface area contributed by atoms with Crippen molar-refractivity contribution < 1.29 is 29.0 Å². The second-order valence-corrected chi connectivity index (χ2v) is 7.48. The van der Waals surface area contributed by atoms with Crippen molar-refractivity contribution in [2.45, 2.75) is 18.9 Å². The molecule has 0 saturated carbocycles. The molecular formula is C23H25N3O6. The van der Waals surface area contributed by atoms with E-state index in [4.69, 9.17) is 4.74 Å². The lowest BCUT2D eigenvalue weighted by Crippen LogP contribution is -2.50. The Morgan fingerprint density at radius 3 is 2.09 bits per heavy atom. The number of carbonyl (C=O) groups is 4. The molecule has 3 rings (SSSR count). The fourth-order valence-electron chi connectivity index (χ4n) is 3.69. The molecule has 0 radical (unpaired) electrons. The van der Waals surface area contributed by atoms with Crippen LogP contribution in [0.25, 0.3) is 11.1 Å². The topological polar surface area (TPSA) is 125 Å². The van der Waals surface area contributed by atoms with Crippen molar-refractivity contribution >= 4 is 23.9 Å². The number of amides is 3. The number of likely N-dealkylation sites (N-methyl/N-ethyl adjacent to an activating group) is 1. The van der Waals surface area contributed by atoms with Gasteiger partial charge in [-0.15, -0.1) is 0 Å². The van der Waals surface area contributed by atoms with Gasteiger partial charge < -0.3 is 20.5 Å². The predicted molar refractivity (Wildman–Crippen MR) is 116 cm³/mol. The molecule has 0 bridgehead atoms. The van der Waals surface area contributed by atoms with Gasteiger partial charge in [-0.3, -0.25) is 14.5 Å². The van der Waals surface area contributed by atoms with Gasteiger partial charge in [-0.1, -0.05) is 48.5 Å². The van der Waals surface area contributed by atoms with E-state index in [1.807, 2.05) is 48.5 Å². The minimum Gasteiger partial charge on any atom is -0.480 e. The molecule has 168 valence electrons. The van der Waals surface area contributed by atoms with Gasteiger partial charge in [-0.2, -0.15) is 0 Å². The Hall–Kier alpha value is -3.88. The molecule has 32 heavy (non-hydrogen) atoms. The number of aliphatic carboxylic acids is 1. The summed E-state index contributed by atoms with van der Waals surface area (Å²) in [6.45, 7) is 0.710. The van der Waals surface area contributed by atoms with Crippen LogP contribution >= 0.6 is 0 Å². The van der Waals surface area contributed by atoms with Crippen LogP contribution in [0.2, 0.25) is 0 Å². The van der Waals surface area contributed by atoms with E-state index in [-0.39, 0.29) is 31.5 Å². The molecule has 0 saturated heterocycles. The van der Waals surface area contributed by atoms with E-state index in [2.05, 4.69) is 10.6 Å². The third-order valence-electron chi connectivity index (χ3n) is 5.37. The van der Waals surface area contributed by atoms with Crippen LogP contribution in [0.15, 0.2) is 48.5 Å². The summed E-state index contributed by atoms with van der Waals surface area (Å²) >= 11 is 0. The highest BCUT2D eigenvalue weighted by atomic mass is 16.6. The number of rotatable bonds is 8. The van der Waals surface area contributed by atoms with Gasteiger partial charge in [-0.25, -0.2) is 9.59 Å². The zero-order chi connectivity index (χ0) is 23.3. The summed E-state index contributed by atoms with van der Waals surface area (Å²) < 4.78 is 5.47. The zero-order valence-corrected chi connectivity index (χ0v) is 17.8. The second-order valence-electron chi connectivity index (χ2n) is 7.48. The first-order chi connectivity index (χ1) is 15.3. The minimum atomic E-state index is -1.33. The first-order valence-electron chi connectivity index (χ1n) is 10.1. The summed E-state index contributed by atoms with van der Waals surface area (Å²) in [5, 5.41) is 14.2. The van der Waals surface area contributed by atoms with E-state index < -0.39 is 24.0 Å². The molecule has 3 N–H and O–H groups in total. The van der Waals surface area contributed by atoms with Gasteiger partial charge in [0.15, 0.2) is 0 Å². The van der Waals surface area contributed by atoms with E-state index in [1.54, 1.807) is 0 Å². The Balaban J connectivity index is 1.62. The summed E-state index contributed by atoms with van der Waals surface area (Å²) in [4.78, 5) is 47.8. The van der Waals surface area contributed by atoms with Crippen molar-refractivity contribution in [2.75, 3.05) is 26.7 Å². The van der Waals surface area contributed by atoms with Gasteiger partial charge in [0, 0.05) is 26.4 Å². The molecule has 3 amide bonds. The number of benzene rings is 2. The first-order valence-corrected chi connectivity index (χ1v) is 10.1. The first kappa shape index (κ1) is 22.8. The van der Waals surface area contributed by atoms with Crippen LogP contribution in [0, 0.1) is 0 Å². The average Bonchev–Trinajstić information content (AvgIpc) is 3.09. The predicted octanol–water partition coefficient (Wildman–Crippen LogP) is 1.57. The standard InChI is InChI=1S/C23H25N3O6/c1-14(27)24-12-21(28)25-11-20(22(29)30)26(2)23(31)32-13-19-17-9-5-3-7-15(17)16-8-4-6-10-18(16)19/h3-10,19-20H,11-13H2,1-2H3,(H,24,27)(H,25,28)(H,29,30). The van der Waals surface area contributed by atoms with Gasteiger partial charge in [-0.05, 0) is 22.3 Å². The van der Waals surface area contributed by atoms with Crippen molar-refractivity contribution in [3.63, 3.8) is 0 Å². The maximum atomic E-state index is 12.6. The van der Waals surface area contributed by atoms with Gasteiger partial charge in [0.1, 0.15) is 12.6 Å². The van der Waals surface area contributed by atoms with Crippen LogP contribution in [0.4, 0.5) is 4.79 Å². The Labute approximate surface area is 185 Å². The van der Waals surface area contributed by atoms with Crippen molar-refractivity contribution in [3.8, 4) is 11.1 Å². The van der Waals surface area contributed by atoms with Crippen LogP contribution in [-0.4, -0.2) is 66.7 Å². The van der Waals surface area contributed by atoms with Gasteiger partial charge in [0.2, 0.25) is 11.8 Å². The second kappa shape index (κ2) is 9.95. The highest BCUT2D eigenvalue weighted by Gasteiger charge is 2.32. The molecule has 9 nitrogen and oxygen atoms in total. The highest BCUT2D eigenvalue weighted by Crippen LogP contribution is 2.44. The molecule has 0 heterocycles. The lowest BCUT2D eigenvalue weighted by atomic mass is 9.98. The Morgan fingerprint density at radius 1 is 1.00 bits per heavy atom. The smallest absolute Gasteiger partial charge is 0.410 e. The Morgan fingerprint density at radius 2 is 1.56 bits per heavy atom. The maximum absolute atomic E-state index is 12.6. The molecule has 1 atom stereocenters. The minimum absolute atomic E-state index is 0.0540. The number of nitrogens with zero attached hydrogens (tertiary/aromatic N) is 1. The monoisotopic (exact) mass is 439 g/mol. The van der Waals surface area contributed by atoms with E-state index in [0.717, 1.165) is 27.2 Å².